The summed E-state index contributed by atoms with van der Waals surface area (Å²) in [6.45, 7) is 3.84. The fraction of sp³-hybridized carbons (Fsp3) is 0.375. The first kappa shape index (κ1) is 22.4. The van der Waals surface area contributed by atoms with Crippen LogP contribution in [0, 0.1) is 0 Å². The minimum Gasteiger partial charge on any atom is -0.340 e. The summed E-state index contributed by atoms with van der Waals surface area (Å²) < 4.78 is 5.39. The molecule has 0 radical (unpaired) electrons. The Kier molecular flexibility index (Phi) is 6.77. The third kappa shape index (κ3) is 5.23. The standard InChI is InChI=1S/C24H26N6O3S/c31-22(8-9-23(32)30-11-10-19(26-30)18-5-2-1-3-6-18)29-14-12-28(13-15-29)17-21-25-24(27-33-21)20-7-4-16-34-20/h1-7,16H,8-15,17H2. The highest BCUT2D eigenvalue weighted by Crippen LogP contribution is 2.22. The lowest BCUT2D eigenvalue weighted by Gasteiger charge is -2.34. The average molecular weight is 479 g/mol. The van der Waals surface area contributed by atoms with Crippen LogP contribution in [0.15, 0.2) is 57.5 Å². The van der Waals surface area contributed by atoms with Crippen molar-refractivity contribution in [3.8, 4) is 10.7 Å². The lowest BCUT2D eigenvalue weighted by molar-refractivity contribution is -0.137. The van der Waals surface area contributed by atoms with E-state index >= 15 is 0 Å². The van der Waals surface area contributed by atoms with E-state index in [1.165, 1.54) is 5.01 Å². The first-order valence-electron chi connectivity index (χ1n) is 11.5. The normalized spacial score (nSPS) is 16.6. The number of rotatable bonds is 7. The molecule has 1 aromatic carbocycles. The summed E-state index contributed by atoms with van der Waals surface area (Å²) in [6.07, 6.45) is 1.12. The lowest BCUT2D eigenvalue weighted by atomic mass is 10.1. The Bertz CT molecular complexity index is 1150. The molecule has 10 heteroatoms. The van der Waals surface area contributed by atoms with Crippen molar-refractivity contribution in [2.45, 2.75) is 25.8 Å². The number of nitrogens with zero attached hydrogens (tertiary/aromatic N) is 6. The van der Waals surface area contributed by atoms with E-state index in [4.69, 9.17) is 4.52 Å². The maximum Gasteiger partial charge on any atom is 0.243 e. The van der Waals surface area contributed by atoms with Gasteiger partial charge in [0.2, 0.25) is 23.5 Å². The molecule has 0 bridgehead atoms. The van der Waals surface area contributed by atoms with E-state index in [9.17, 15) is 9.59 Å². The third-order valence-corrected chi connectivity index (χ3v) is 6.91. The molecule has 0 N–H and O–H groups in total. The molecule has 2 aromatic heterocycles. The first-order valence-corrected chi connectivity index (χ1v) is 12.3. The van der Waals surface area contributed by atoms with Crippen molar-refractivity contribution in [3.63, 3.8) is 0 Å². The highest BCUT2D eigenvalue weighted by molar-refractivity contribution is 7.13. The van der Waals surface area contributed by atoms with Crippen LogP contribution in [0.4, 0.5) is 0 Å². The molecule has 1 fully saturated rings. The van der Waals surface area contributed by atoms with Crippen molar-refractivity contribution in [2.24, 2.45) is 5.10 Å². The number of benzene rings is 1. The number of thiophene rings is 1. The van der Waals surface area contributed by atoms with Crippen LogP contribution in [0.1, 0.15) is 30.7 Å². The molecular formula is C24H26N6O3S. The summed E-state index contributed by atoms with van der Waals surface area (Å²) in [7, 11) is 0. The molecule has 0 saturated carbocycles. The Morgan fingerprint density at radius 2 is 1.74 bits per heavy atom. The summed E-state index contributed by atoms with van der Waals surface area (Å²) >= 11 is 1.58. The van der Waals surface area contributed by atoms with Crippen LogP contribution in [-0.2, 0) is 16.1 Å². The van der Waals surface area contributed by atoms with Crippen LogP contribution in [0.2, 0.25) is 0 Å². The van der Waals surface area contributed by atoms with Gasteiger partial charge in [-0.25, -0.2) is 5.01 Å². The number of piperazine rings is 1. The maximum atomic E-state index is 12.7. The number of carbonyl (C=O) groups is 2. The Balaban J connectivity index is 1.05. The second-order valence-corrected chi connectivity index (χ2v) is 9.27. The number of hydrogen-bond donors (Lipinski definition) is 0. The van der Waals surface area contributed by atoms with Gasteiger partial charge in [-0.05, 0) is 17.0 Å². The van der Waals surface area contributed by atoms with Crippen molar-refractivity contribution in [2.75, 3.05) is 32.7 Å². The van der Waals surface area contributed by atoms with Gasteiger partial charge < -0.3 is 9.42 Å². The number of amides is 2. The van der Waals surface area contributed by atoms with Gasteiger partial charge in [0.15, 0.2) is 0 Å². The molecule has 0 aliphatic carbocycles. The fourth-order valence-corrected chi connectivity index (χ4v) is 4.79. The molecule has 9 nitrogen and oxygen atoms in total. The van der Waals surface area contributed by atoms with Crippen molar-refractivity contribution in [3.05, 3.63) is 59.3 Å². The first-order chi connectivity index (χ1) is 16.7. The SMILES string of the molecule is O=C(CCC(=O)N1CCC(c2ccccc2)=N1)N1CCN(Cc2nc(-c3cccs3)no2)CC1. The van der Waals surface area contributed by atoms with Crippen LogP contribution in [0.3, 0.4) is 0 Å². The largest absolute Gasteiger partial charge is 0.340 e. The summed E-state index contributed by atoms with van der Waals surface area (Å²) in [5, 5.41) is 12.0. The molecule has 2 amide bonds. The van der Waals surface area contributed by atoms with Crippen molar-refractivity contribution < 1.29 is 14.1 Å². The van der Waals surface area contributed by atoms with Crippen molar-refractivity contribution in [1.82, 2.24) is 24.9 Å². The van der Waals surface area contributed by atoms with E-state index in [0.29, 0.717) is 37.9 Å². The summed E-state index contributed by atoms with van der Waals surface area (Å²) in [6, 6.07) is 13.8. The second kappa shape index (κ2) is 10.3. The molecule has 176 valence electrons. The molecule has 5 rings (SSSR count). The van der Waals surface area contributed by atoms with E-state index in [-0.39, 0.29) is 24.7 Å². The van der Waals surface area contributed by atoms with Crippen LogP contribution in [-0.4, -0.2) is 75.2 Å². The molecule has 0 spiro atoms. The number of aromatic nitrogens is 2. The van der Waals surface area contributed by atoms with E-state index in [2.05, 4.69) is 20.1 Å². The molecular weight excluding hydrogens is 452 g/mol. The maximum absolute atomic E-state index is 12.7. The smallest absolute Gasteiger partial charge is 0.243 e. The molecule has 2 aliphatic rings. The Hall–Kier alpha value is -3.37. The average Bonchev–Trinajstić information content (AvgIpc) is 3.65. The van der Waals surface area contributed by atoms with E-state index in [1.54, 1.807) is 11.3 Å². The van der Waals surface area contributed by atoms with Crippen LogP contribution < -0.4 is 0 Å². The lowest BCUT2D eigenvalue weighted by Crippen LogP contribution is -2.48. The topological polar surface area (TPSA) is 95.1 Å². The van der Waals surface area contributed by atoms with Crippen LogP contribution in [0.25, 0.3) is 10.7 Å². The van der Waals surface area contributed by atoms with E-state index in [0.717, 1.165) is 35.7 Å². The third-order valence-electron chi connectivity index (χ3n) is 6.04. The van der Waals surface area contributed by atoms with Gasteiger partial charge in [-0.2, -0.15) is 10.1 Å². The predicted molar refractivity (Wildman–Crippen MR) is 128 cm³/mol. The molecule has 4 heterocycles. The predicted octanol–water partition coefficient (Wildman–Crippen LogP) is 2.86. The molecule has 0 unspecified atom stereocenters. The monoisotopic (exact) mass is 478 g/mol. The highest BCUT2D eigenvalue weighted by Gasteiger charge is 2.25. The quantitative estimate of drug-likeness (QED) is 0.518. The summed E-state index contributed by atoms with van der Waals surface area (Å²) in [5.74, 6) is 1.10. The van der Waals surface area contributed by atoms with Gasteiger partial charge in [-0.1, -0.05) is 41.6 Å². The van der Waals surface area contributed by atoms with Gasteiger partial charge in [0, 0.05) is 45.4 Å². The molecule has 34 heavy (non-hydrogen) atoms. The minimum atomic E-state index is -0.101. The van der Waals surface area contributed by atoms with Crippen molar-refractivity contribution >= 4 is 28.9 Å². The fourth-order valence-electron chi connectivity index (χ4n) is 4.14. The van der Waals surface area contributed by atoms with Gasteiger partial charge in [0.1, 0.15) is 0 Å². The zero-order chi connectivity index (χ0) is 23.3. The Labute approximate surface area is 201 Å². The highest BCUT2D eigenvalue weighted by atomic mass is 32.1. The van der Waals surface area contributed by atoms with Crippen molar-refractivity contribution in [1.29, 1.82) is 0 Å². The van der Waals surface area contributed by atoms with Gasteiger partial charge in [0.25, 0.3) is 0 Å². The Morgan fingerprint density at radius 3 is 2.50 bits per heavy atom. The molecule has 0 atom stereocenters. The summed E-state index contributed by atoms with van der Waals surface area (Å²) in [4.78, 5) is 34.7. The Morgan fingerprint density at radius 1 is 0.941 bits per heavy atom. The molecule has 3 aromatic rings. The van der Waals surface area contributed by atoms with E-state index < -0.39 is 0 Å². The minimum absolute atomic E-state index is 0.0113. The van der Waals surface area contributed by atoms with Crippen LogP contribution in [0.5, 0.6) is 0 Å². The second-order valence-electron chi connectivity index (χ2n) is 8.33. The van der Waals surface area contributed by atoms with Gasteiger partial charge in [-0.3, -0.25) is 14.5 Å². The zero-order valence-electron chi connectivity index (χ0n) is 18.8. The number of carbonyl (C=O) groups excluding carboxylic acids is 2. The number of hydrogen-bond acceptors (Lipinski definition) is 8. The van der Waals surface area contributed by atoms with Gasteiger partial charge >= 0.3 is 0 Å². The molecule has 2 aliphatic heterocycles. The van der Waals surface area contributed by atoms with E-state index in [1.807, 2.05) is 52.7 Å². The number of hydrazone groups is 1. The van der Waals surface area contributed by atoms with Crippen LogP contribution >= 0.6 is 11.3 Å². The summed E-state index contributed by atoms with van der Waals surface area (Å²) in [5.41, 5.74) is 1.95. The van der Waals surface area contributed by atoms with Gasteiger partial charge in [0.05, 0.1) is 23.7 Å². The van der Waals surface area contributed by atoms with Gasteiger partial charge in [-0.15, -0.1) is 11.3 Å². The molecule has 1 saturated heterocycles. The zero-order valence-corrected chi connectivity index (χ0v) is 19.6.